The predicted molar refractivity (Wildman–Crippen MR) is 75.4 cm³/mol. The van der Waals surface area contributed by atoms with E-state index in [4.69, 9.17) is 0 Å². The highest BCUT2D eigenvalue weighted by Gasteiger charge is 2.33. The summed E-state index contributed by atoms with van der Waals surface area (Å²) in [6.07, 6.45) is 4.48. The van der Waals surface area contributed by atoms with E-state index >= 15 is 0 Å². The van der Waals surface area contributed by atoms with E-state index in [1.165, 1.54) is 25.1 Å². The number of pyridine rings is 1. The van der Waals surface area contributed by atoms with Gasteiger partial charge in [0.1, 0.15) is 0 Å². The van der Waals surface area contributed by atoms with Crippen molar-refractivity contribution in [2.45, 2.75) is 38.8 Å². The molecule has 1 fully saturated rings. The van der Waals surface area contributed by atoms with Crippen LogP contribution in [0.5, 0.6) is 0 Å². The lowest BCUT2D eigenvalue weighted by Gasteiger charge is -2.45. The maximum Gasteiger partial charge on any atom is 0.0544 e. The fourth-order valence-electron chi connectivity index (χ4n) is 2.79. The lowest BCUT2D eigenvalue weighted by atomic mass is 9.84. The molecular formula is C15H25N3. The molecule has 1 atom stereocenters. The Kier molecular flexibility index (Phi) is 4.36. The van der Waals surface area contributed by atoms with E-state index in [1.54, 1.807) is 0 Å². The van der Waals surface area contributed by atoms with E-state index in [9.17, 15) is 0 Å². The van der Waals surface area contributed by atoms with Gasteiger partial charge >= 0.3 is 0 Å². The number of aromatic nitrogens is 1. The predicted octanol–water partition coefficient (Wildman–Crippen LogP) is 2.29. The fraction of sp³-hybridized carbons (Fsp3) is 0.667. The normalized spacial score (nSPS) is 24.1. The fourth-order valence-corrected chi connectivity index (χ4v) is 2.79. The van der Waals surface area contributed by atoms with Crippen LogP contribution in [0.1, 0.15) is 32.4 Å². The van der Waals surface area contributed by atoms with Crippen LogP contribution in [0, 0.1) is 5.92 Å². The topological polar surface area (TPSA) is 28.2 Å². The van der Waals surface area contributed by atoms with E-state index in [0.717, 1.165) is 19.0 Å². The zero-order valence-electron chi connectivity index (χ0n) is 11.8. The zero-order chi connectivity index (χ0) is 13.0. The average Bonchev–Trinajstić information content (AvgIpc) is 2.35. The molecule has 0 radical (unpaired) electrons. The van der Waals surface area contributed by atoms with E-state index in [1.807, 2.05) is 19.3 Å². The van der Waals surface area contributed by atoms with Crippen molar-refractivity contribution in [2.24, 2.45) is 5.92 Å². The Hall–Kier alpha value is -0.930. The van der Waals surface area contributed by atoms with E-state index < -0.39 is 0 Å². The smallest absolute Gasteiger partial charge is 0.0544 e. The van der Waals surface area contributed by atoms with Crippen LogP contribution in [0.15, 0.2) is 24.4 Å². The summed E-state index contributed by atoms with van der Waals surface area (Å²) in [5, 5.41) is 3.31. The van der Waals surface area contributed by atoms with Crippen molar-refractivity contribution in [1.82, 2.24) is 15.2 Å². The third kappa shape index (κ3) is 3.30. The number of hydrogen-bond acceptors (Lipinski definition) is 3. The quantitative estimate of drug-likeness (QED) is 0.885. The second-order valence-corrected chi connectivity index (χ2v) is 5.98. The molecule has 0 bridgehead atoms. The first kappa shape index (κ1) is 13.5. The van der Waals surface area contributed by atoms with Crippen LogP contribution < -0.4 is 5.32 Å². The third-order valence-electron chi connectivity index (χ3n) is 4.07. The van der Waals surface area contributed by atoms with Crippen LogP contribution in [-0.4, -0.2) is 35.6 Å². The number of nitrogens with one attached hydrogen (secondary N) is 1. The first-order valence-electron chi connectivity index (χ1n) is 6.91. The van der Waals surface area contributed by atoms with Gasteiger partial charge in [-0.2, -0.15) is 0 Å². The molecule has 1 aliphatic heterocycles. The van der Waals surface area contributed by atoms with Crippen molar-refractivity contribution in [3.8, 4) is 0 Å². The van der Waals surface area contributed by atoms with Crippen LogP contribution >= 0.6 is 0 Å². The first-order chi connectivity index (χ1) is 8.62. The van der Waals surface area contributed by atoms with Gasteiger partial charge in [0.05, 0.1) is 5.69 Å². The molecule has 18 heavy (non-hydrogen) atoms. The molecule has 1 unspecified atom stereocenters. The van der Waals surface area contributed by atoms with E-state index in [-0.39, 0.29) is 0 Å². The molecule has 3 heteroatoms. The maximum absolute atomic E-state index is 4.45. The van der Waals surface area contributed by atoms with Crippen molar-refractivity contribution in [2.75, 3.05) is 20.1 Å². The van der Waals surface area contributed by atoms with Crippen molar-refractivity contribution in [3.63, 3.8) is 0 Å². The van der Waals surface area contributed by atoms with Crippen molar-refractivity contribution < 1.29 is 0 Å². The molecule has 0 saturated carbocycles. The number of likely N-dealkylation sites (tertiary alicyclic amines) is 1. The summed E-state index contributed by atoms with van der Waals surface area (Å²) in [4.78, 5) is 7.04. The van der Waals surface area contributed by atoms with Gasteiger partial charge in [-0.25, -0.2) is 0 Å². The van der Waals surface area contributed by atoms with Gasteiger partial charge in [0.15, 0.2) is 0 Å². The average molecular weight is 247 g/mol. The largest absolute Gasteiger partial charge is 0.319 e. The van der Waals surface area contributed by atoms with Crippen LogP contribution in [0.4, 0.5) is 0 Å². The Morgan fingerprint density at radius 3 is 2.94 bits per heavy atom. The summed E-state index contributed by atoms with van der Waals surface area (Å²) < 4.78 is 0. The molecule has 1 saturated heterocycles. The minimum atomic E-state index is 0.293. The Bertz CT molecular complexity index is 361. The summed E-state index contributed by atoms with van der Waals surface area (Å²) >= 11 is 0. The highest BCUT2D eigenvalue weighted by Crippen LogP contribution is 2.31. The number of nitrogens with zero attached hydrogens (tertiary/aromatic N) is 2. The SMILES string of the molecule is CNCC1CCC(C)(C)N(Cc2ccccn2)C1. The number of hydrogen-bond donors (Lipinski definition) is 1. The van der Waals surface area contributed by atoms with Crippen LogP contribution in [0.25, 0.3) is 0 Å². The monoisotopic (exact) mass is 247 g/mol. The minimum Gasteiger partial charge on any atom is -0.319 e. The number of piperidine rings is 1. The van der Waals surface area contributed by atoms with Gasteiger partial charge in [-0.05, 0) is 58.3 Å². The molecule has 1 aromatic rings. The molecule has 0 aliphatic carbocycles. The van der Waals surface area contributed by atoms with Gasteiger partial charge in [-0.1, -0.05) is 6.07 Å². The molecular weight excluding hydrogens is 222 g/mol. The Balaban J connectivity index is 2.03. The van der Waals surface area contributed by atoms with Gasteiger partial charge in [0, 0.05) is 24.8 Å². The lowest BCUT2D eigenvalue weighted by molar-refractivity contribution is 0.0374. The summed E-state index contributed by atoms with van der Waals surface area (Å²) in [5.74, 6) is 0.770. The molecule has 1 aliphatic rings. The van der Waals surface area contributed by atoms with Gasteiger partial charge in [0.2, 0.25) is 0 Å². The second-order valence-electron chi connectivity index (χ2n) is 5.98. The lowest BCUT2D eigenvalue weighted by Crippen LogP contribution is -2.51. The summed E-state index contributed by atoms with van der Waals surface area (Å²) in [5.41, 5.74) is 1.47. The van der Waals surface area contributed by atoms with Crippen molar-refractivity contribution in [3.05, 3.63) is 30.1 Å². The molecule has 0 aromatic carbocycles. The highest BCUT2D eigenvalue weighted by atomic mass is 15.2. The van der Waals surface area contributed by atoms with Gasteiger partial charge in [-0.3, -0.25) is 9.88 Å². The molecule has 0 amide bonds. The van der Waals surface area contributed by atoms with E-state index in [0.29, 0.717) is 5.54 Å². The van der Waals surface area contributed by atoms with Gasteiger partial charge in [0.25, 0.3) is 0 Å². The zero-order valence-corrected chi connectivity index (χ0v) is 11.8. The molecule has 2 rings (SSSR count). The first-order valence-corrected chi connectivity index (χ1v) is 6.91. The molecule has 1 aromatic heterocycles. The standard InChI is InChI=1S/C15H25N3/c1-15(2)8-7-13(10-16-3)11-18(15)12-14-6-4-5-9-17-14/h4-6,9,13,16H,7-8,10-12H2,1-3H3. The summed E-state index contributed by atoms with van der Waals surface area (Å²) in [7, 11) is 2.04. The molecule has 100 valence electrons. The van der Waals surface area contributed by atoms with Crippen LogP contribution in [0.3, 0.4) is 0 Å². The second kappa shape index (κ2) is 5.81. The Morgan fingerprint density at radius 1 is 1.44 bits per heavy atom. The van der Waals surface area contributed by atoms with Crippen molar-refractivity contribution >= 4 is 0 Å². The van der Waals surface area contributed by atoms with Gasteiger partial charge in [-0.15, -0.1) is 0 Å². The molecule has 1 N–H and O–H groups in total. The summed E-state index contributed by atoms with van der Waals surface area (Å²) in [6, 6.07) is 6.18. The molecule has 0 spiro atoms. The molecule has 3 nitrogen and oxygen atoms in total. The maximum atomic E-state index is 4.45. The molecule has 2 heterocycles. The number of rotatable bonds is 4. The van der Waals surface area contributed by atoms with Gasteiger partial charge < -0.3 is 5.32 Å². The summed E-state index contributed by atoms with van der Waals surface area (Å²) in [6.45, 7) is 7.96. The van der Waals surface area contributed by atoms with Crippen LogP contribution in [-0.2, 0) is 6.54 Å². The Morgan fingerprint density at radius 2 is 2.28 bits per heavy atom. The van der Waals surface area contributed by atoms with Crippen LogP contribution in [0.2, 0.25) is 0 Å². The minimum absolute atomic E-state index is 0.293. The van der Waals surface area contributed by atoms with Crippen molar-refractivity contribution in [1.29, 1.82) is 0 Å². The Labute approximate surface area is 111 Å². The third-order valence-corrected chi connectivity index (χ3v) is 4.07. The highest BCUT2D eigenvalue weighted by molar-refractivity contribution is 5.05. The van der Waals surface area contributed by atoms with E-state index in [2.05, 4.69) is 41.2 Å².